The van der Waals surface area contributed by atoms with Gasteiger partial charge in [0.25, 0.3) is 0 Å². The number of hydrogen-bond donors (Lipinski definition) is 0. The van der Waals surface area contributed by atoms with E-state index >= 15 is 0 Å². The minimum absolute atomic E-state index is 0.513. The Bertz CT molecular complexity index is 647. The highest BCUT2D eigenvalue weighted by molar-refractivity contribution is 5.39. The first kappa shape index (κ1) is 22.4. The fourth-order valence-electron chi connectivity index (χ4n) is 5.24. The largest absolute Gasteiger partial charge is 0.573 e. The number of aryl methyl sites for hydroxylation is 1. The van der Waals surface area contributed by atoms with Gasteiger partial charge in [-0.15, -0.1) is 13.2 Å². The van der Waals surface area contributed by atoms with Crippen molar-refractivity contribution in [3.63, 3.8) is 0 Å². The van der Waals surface area contributed by atoms with Gasteiger partial charge in [-0.1, -0.05) is 64.7 Å². The molecule has 0 heterocycles. The first-order valence-corrected chi connectivity index (χ1v) is 11.4. The molecule has 1 fully saturated rings. The van der Waals surface area contributed by atoms with Crippen LogP contribution in [0.4, 0.5) is 17.6 Å². The zero-order valence-electron chi connectivity index (χ0n) is 17.5. The van der Waals surface area contributed by atoms with Gasteiger partial charge in [0.15, 0.2) is 11.6 Å². The van der Waals surface area contributed by atoms with Crippen molar-refractivity contribution in [1.29, 1.82) is 0 Å². The Morgan fingerprint density at radius 1 is 0.862 bits per heavy atom. The molecule has 29 heavy (non-hydrogen) atoms. The summed E-state index contributed by atoms with van der Waals surface area (Å²) in [6.45, 7) is 2.25. The van der Waals surface area contributed by atoms with E-state index < -0.39 is 17.9 Å². The van der Waals surface area contributed by atoms with Crippen LogP contribution in [0.1, 0.15) is 88.7 Å². The van der Waals surface area contributed by atoms with Gasteiger partial charge in [-0.05, 0) is 66.7 Å². The predicted octanol–water partition coefficient (Wildman–Crippen LogP) is 8.00. The van der Waals surface area contributed by atoms with Crippen LogP contribution in [0.25, 0.3) is 0 Å². The molecule has 1 nitrogen and oxygen atoms in total. The molecule has 1 atom stereocenters. The molecule has 0 aliphatic heterocycles. The number of hydrogen-bond acceptors (Lipinski definition) is 1. The Balaban J connectivity index is 1.44. The van der Waals surface area contributed by atoms with Crippen LogP contribution in [0.3, 0.4) is 0 Å². The maximum Gasteiger partial charge on any atom is 0.573 e. The molecular weight excluding hydrogens is 380 g/mol. The van der Waals surface area contributed by atoms with Gasteiger partial charge in [0.05, 0.1) is 0 Å². The Morgan fingerprint density at radius 3 is 2.17 bits per heavy atom. The minimum Gasteiger partial charge on any atom is -0.403 e. The van der Waals surface area contributed by atoms with Gasteiger partial charge in [-0.25, -0.2) is 4.39 Å². The lowest BCUT2D eigenvalue weighted by molar-refractivity contribution is -0.275. The first-order chi connectivity index (χ1) is 13.8. The second kappa shape index (κ2) is 10.2. The molecular formula is C24H34F4O. The van der Waals surface area contributed by atoms with E-state index in [2.05, 4.69) is 11.7 Å². The second-order valence-corrected chi connectivity index (χ2v) is 9.17. The van der Waals surface area contributed by atoms with Crippen LogP contribution in [0, 0.1) is 23.6 Å². The Labute approximate surface area is 172 Å². The van der Waals surface area contributed by atoms with E-state index in [0.717, 1.165) is 42.2 Å². The molecule has 1 aromatic rings. The number of fused-ring (bicyclic) bond motifs is 1. The third kappa shape index (κ3) is 6.89. The molecule has 1 aromatic carbocycles. The molecule has 0 N–H and O–H groups in total. The second-order valence-electron chi connectivity index (χ2n) is 9.17. The summed E-state index contributed by atoms with van der Waals surface area (Å²) >= 11 is 0. The van der Waals surface area contributed by atoms with Crippen molar-refractivity contribution in [1.82, 2.24) is 0 Å². The normalized spacial score (nSPS) is 24.9. The number of ether oxygens (including phenoxy) is 1. The average molecular weight is 415 g/mol. The van der Waals surface area contributed by atoms with E-state index in [-0.39, 0.29) is 0 Å². The van der Waals surface area contributed by atoms with E-state index in [1.54, 1.807) is 0 Å². The van der Waals surface area contributed by atoms with Gasteiger partial charge in [-0.2, -0.15) is 0 Å². The average Bonchev–Trinajstić information content (AvgIpc) is 2.67. The van der Waals surface area contributed by atoms with Gasteiger partial charge in [0, 0.05) is 0 Å². The van der Waals surface area contributed by atoms with Gasteiger partial charge in [0.1, 0.15) is 0 Å². The molecule has 1 unspecified atom stereocenters. The number of unbranched alkanes of at least 4 members (excludes halogenated alkanes) is 2. The van der Waals surface area contributed by atoms with Crippen LogP contribution in [-0.4, -0.2) is 6.36 Å². The van der Waals surface area contributed by atoms with Gasteiger partial charge in [0.2, 0.25) is 0 Å². The lowest BCUT2D eigenvalue weighted by Gasteiger charge is -2.31. The van der Waals surface area contributed by atoms with Crippen LogP contribution in [-0.2, 0) is 12.8 Å². The zero-order chi connectivity index (χ0) is 20.9. The van der Waals surface area contributed by atoms with Crippen LogP contribution < -0.4 is 4.74 Å². The third-order valence-electron chi connectivity index (χ3n) is 6.98. The van der Waals surface area contributed by atoms with Crippen molar-refractivity contribution >= 4 is 0 Å². The fourth-order valence-corrected chi connectivity index (χ4v) is 5.24. The lowest BCUT2D eigenvalue weighted by atomic mass is 9.75. The number of alkyl halides is 3. The number of benzene rings is 1. The maximum absolute atomic E-state index is 14.0. The summed E-state index contributed by atoms with van der Waals surface area (Å²) in [4.78, 5) is 0. The van der Waals surface area contributed by atoms with Crippen molar-refractivity contribution in [2.75, 3.05) is 0 Å². The van der Waals surface area contributed by atoms with Crippen molar-refractivity contribution < 1.29 is 22.3 Å². The van der Waals surface area contributed by atoms with E-state index in [0.29, 0.717) is 12.3 Å². The summed E-state index contributed by atoms with van der Waals surface area (Å²) in [6, 6.07) is 2.50. The number of rotatable bonds is 8. The summed E-state index contributed by atoms with van der Waals surface area (Å²) in [5, 5.41) is 0. The van der Waals surface area contributed by atoms with Crippen molar-refractivity contribution in [3.05, 3.63) is 29.1 Å². The highest BCUT2D eigenvalue weighted by Crippen LogP contribution is 2.38. The molecule has 0 amide bonds. The summed E-state index contributed by atoms with van der Waals surface area (Å²) < 4.78 is 55.1. The highest BCUT2D eigenvalue weighted by atomic mass is 19.4. The Kier molecular flexibility index (Phi) is 7.86. The zero-order valence-corrected chi connectivity index (χ0v) is 17.5. The van der Waals surface area contributed by atoms with Crippen molar-refractivity contribution in [2.24, 2.45) is 17.8 Å². The third-order valence-corrected chi connectivity index (χ3v) is 6.98. The molecule has 1 saturated carbocycles. The molecule has 0 saturated heterocycles. The Hall–Kier alpha value is -1.26. The van der Waals surface area contributed by atoms with Gasteiger partial charge in [-0.3, -0.25) is 0 Å². The molecule has 0 spiro atoms. The smallest absolute Gasteiger partial charge is 0.403 e. The Morgan fingerprint density at radius 2 is 1.52 bits per heavy atom. The lowest BCUT2D eigenvalue weighted by Crippen LogP contribution is -2.20. The molecule has 0 radical (unpaired) electrons. The van der Waals surface area contributed by atoms with E-state index in [9.17, 15) is 17.6 Å². The molecule has 0 aromatic heterocycles. The van der Waals surface area contributed by atoms with E-state index in [1.165, 1.54) is 69.9 Å². The van der Waals surface area contributed by atoms with Crippen LogP contribution in [0.5, 0.6) is 5.75 Å². The predicted molar refractivity (Wildman–Crippen MR) is 107 cm³/mol. The summed E-state index contributed by atoms with van der Waals surface area (Å²) in [5.41, 5.74) is 1.65. The molecule has 0 bridgehead atoms. The van der Waals surface area contributed by atoms with E-state index in [4.69, 9.17) is 0 Å². The van der Waals surface area contributed by atoms with Crippen molar-refractivity contribution in [2.45, 2.75) is 96.8 Å². The van der Waals surface area contributed by atoms with E-state index in [1.807, 2.05) is 0 Å². The first-order valence-electron chi connectivity index (χ1n) is 11.4. The van der Waals surface area contributed by atoms with Crippen LogP contribution in [0.2, 0.25) is 0 Å². The molecule has 2 aliphatic rings. The number of halogens is 4. The minimum atomic E-state index is -4.86. The van der Waals surface area contributed by atoms with Crippen LogP contribution >= 0.6 is 0 Å². The summed E-state index contributed by atoms with van der Waals surface area (Å²) in [6.07, 6.45) is 10.8. The summed E-state index contributed by atoms with van der Waals surface area (Å²) in [7, 11) is 0. The molecule has 2 aliphatic carbocycles. The van der Waals surface area contributed by atoms with Crippen molar-refractivity contribution in [3.8, 4) is 5.75 Å². The summed E-state index contributed by atoms with van der Waals surface area (Å²) in [5.74, 6) is 0.639. The van der Waals surface area contributed by atoms with Gasteiger partial charge < -0.3 is 4.74 Å². The monoisotopic (exact) mass is 414 g/mol. The molecule has 5 heteroatoms. The van der Waals surface area contributed by atoms with Gasteiger partial charge >= 0.3 is 6.36 Å². The SMILES string of the molecule is CCCCCC1CCC(CCC2CCc3cc(OC(F)(F)F)c(F)cc3C2)CC1. The highest BCUT2D eigenvalue weighted by Gasteiger charge is 2.33. The molecule has 3 rings (SSSR count). The molecule has 164 valence electrons. The fraction of sp³-hybridized carbons (Fsp3) is 0.750. The maximum atomic E-state index is 14.0. The van der Waals surface area contributed by atoms with Crippen LogP contribution in [0.15, 0.2) is 12.1 Å². The topological polar surface area (TPSA) is 9.23 Å². The standard InChI is InChI=1S/C24H34F4O/c1-2-3-4-5-17-6-8-18(9-7-17)10-11-19-12-13-20-16-23(29-24(26,27)28)22(25)15-21(20)14-19/h15-19H,2-14H2,1H3. The quantitative estimate of drug-likeness (QED) is 0.309.